The van der Waals surface area contributed by atoms with Gasteiger partial charge in [0.15, 0.2) is 0 Å². The lowest BCUT2D eigenvalue weighted by atomic mass is 10.1. The van der Waals surface area contributed by atoms with Gasteiger partial charge < -0.3 is 10.2 Å². The highest BCUT2D eigenvalue weighted by Gasteiger charge is 2.16. The SMILES string of the molecule is CCC(CSC)N(C)c1ccccc1CNC(C)(C)C. The van der Waals surface area contributed by atoms with Crippen LogP contribution in [-0.4, -0.2) is 30.6 Å². The van der Waals surface area contributed by atoms with Crippen LogP contribution < -0.4 is 10.2 Å². The summed E-state index contributed by atoms with van der Waals surface area (Å²) in [6.07, 6.45) is 3.36. The molecule has 0 heterocycles. The van der Waals surface area contributed by atoms with Gasteiger partial charge in [0.25, 0.3) is 0 Å². The smallest absolute Gasteiger partial charge is 0.0412 e. The molecule has 1 aromatic carbocycles. The summed E-state index contributed by atoms with van der Waals surface area (Å²) in [5, 5.41) is 3.59. The minimum absolute atomic E-state index is 0.148. The first-order chi connectivity index (χ1) is 9.39. The van der Waals surface area contributed by atoms with Gasteiger partial charge in [0.1, 0.15) is 0 Å². The van der Waals surface area contributed by atoms with Crippen molar-refractivity contribution in [3.63, 3.8) is 0 Å². The zero-order valence-corrected chi connectivity index (χ0v) is 14.7. The van der Waals surface area contributed by atoms with Crippen molar-refractivity contribution < 1.29 is 0 Å². The number of anilines is 1. The average Bonchev–Trinajstić information content (AvgIpc) is 2.41. The third-order valence-electron chi connectivity index (χ3n) is 3.56. The lowest BCUT2D eigenvalue weighted by Gasteiger charge is -2.31. The molecule has 0 aliphatic rings. The predicted molar refractivity (Wildman–Crippen MR) is 93.9 cm³/mol. The molecule has 0 spiro atoms. The van der Waals surface area contributed by atoms with Gasteiger partial charge in [0.2, 0.25) is 0 Å². The van der Waals surface area contributed by atoms with Crippen molar-refractivity contribution in [3.05, 3.63) is 29.8 Å². The van der Waals surface area contributed by atoms with E-state index < -0.39 is 0 Å². The largest absolute Gasteiger partial charge is 0.371 e. The summed E-state index contributed by atoms with van der Waals surface area (Å²) in [6, 6.07) is 9.34. The molecule has 0 aromatic heterocycles. The molecule has 0 saturated carbocycles. The number of rotatable bonds is 7. The van der Waals surface area contributed by atoms with E-state index in [1.165, 1.54) is 23.4 Å². The predicted octanol–water partition coefficient (Wildman–Crippen LogP) is 4.15. The minimum atomic E-state index is 0.148. The van der Waals surface area contributed by atoms with Crippen LogP contribution in [0.4, 0.5) is 5.69 Å². The van der Waals surface area contributed by atoms with Crippen molar-refractivity contribution in [2.75, 3.05) is 24.0 Å². The first-order valence-corrected chi connectivity index (χ1v) is 8.83. The molecular weight excluding hydrogens is 264 g/mol. The summed E-state index contributed by atoms with van der Waals surface area (Å²) in [5.41, 5.74) is 2.88. The molecule has 0 bridgehead atoms. The standard InChI is InChI=1S/C17H30N2S/c1-7-15(13-20-6)19(5)16-11-9-8-10-14(16)12-18-17(2,3)4/h8-11,15,18H,7,12-13H2,1-6H3. The van der Waals surface area contributed by atoms with Crippen LogP contribution in [0.5, 0.6) is 0 Å². The maximum Gasteiger partial charge on any atom is 0.0412 e. The number of hydrogen-bond donors (Lipinski definition) is 1. The zero-order valence-electron chi connectivity index (χ0n) is 13.9. The molecule has 1 unspecified atom stereocenters. The van der Waals surface area contributed by atoms with Crippen molar-refractivity contribution in [2.24, 2.45) is 0 Å². The van der Waals surface area contributed by atoms with E-state index in [9.17, 15) is 0 Å². The molecule has 114 valence electrons. The third kappa shape index (κ3) is 5.37. The monoisotopic (exact) mass is 294 g/mol. The molecular formula is C17H30N2S. The molecule has 1 aromatic rings. The molecule has 0 amide bonds. The summed E-state index contributed by atoms with van der Waals surface area (Å²) in [6.45, 7) is 9.82. The number of benzene rings is 1. The van der Waals surface area contributed by atoms with Gasteiger partial charge >= 0.3 is 0 Å². The molecule has 1 N–H and O–H groups in total. The van der Waals surface area contributed by atoms with Crippen LogP contribution in [0, 0.1) is 0 Å². The Labute approximate surface area is 129 Å². The fourth-order valence-corrected chi connectivity index (χ4v) is 3.10. The Morgan fingerprint density at radius 1 is 1.25 bits per heavy atom. The van der Waals surface area contributed by atoms with Gasteiger partial charge in [-0.05, 0) is 45.1 Å². The fraction of sp³-hybridized carbons (Fsp3) is 0.647. The summed E-state index contributed by atoms with van der Waals surface area (Å²) in [5.74, 6) is 1.17. The van der Waals surface area contributed by atoms with Crippen LogP contribution in [0.25, 0.3) is 0 Å². The van der Waals surface area contributed by atoms with Crippen molar-refractivity contribution >= 4 is 17.4 Å². The molecule has 0 saturated heterocycles. The maximum atomic E-state index is 3.59. The Morgan fingerprint density at radius 3 is 2.45 bits per heavy atom. The average molecular weight is 295 g/mol. The maximum absolute atomic E-state index is 3.59. The van der Waals surface area contributed by atoms with E-state index in [0.29, 0.717) is 6.04 Å². The van der Waals surface area contributed by atoms with Crippen molar-refractivity contribution in [2.45, 2.75) is 52.2 Å². The molecule has 1 atom stereocenters. The first-order valence-electron chi connectivity index (χ1n) is 7.43. The van der Waals surface area contributed by atoms with Gasteiger partial charge in [0.05, 0.1) is 0 Å². The molecule has 20 heavy (non-hydrogen) atoms. The van der Waals surface area contributed by atoms with Gasteiger partial charge in [-0.1, -0.05) is 25.1 Å². The zero-order chi connectivity index (χ0) is 15.2. The number of para-hydroxylation sites is 1. The van der Waals surface area contributed by atoms with E-state index in [1.54, 1.807) is 0 Å². The molecule has 0 radical (unpaired) electrons. The van der Waals surface area contributed by atoms with Crippen LogP contribution in [0.1, 0.15) is 39.7 Å². The molecule has 3 heteroatoms. The van der Waals surface area contributed by atoms with Crippen LogP contribution in [0.15, 0.2) is 24.3 Å². The molecule has 2 nitrogen and oxygen atoms in total. The van der Waals surface area contributed by atoms with E-state index in [1.807, 2.05) is 11.8 Å². The number of nitrogens with zero attached hydrogens (tertiary/aromatic N) is 1. The van der Waals surface area contributed by atoms with Crippen LogP contribution in [-0.2, 0) is 6.54 Å². The lowest BCUT2D eigenvalue weighted by molar-refractivity contribution is 0.424. The third-order valence-corrected chi connectivity index (χ3v) is 4.28. The van der Waals surface area contributed by atoms with Crippen LogP contribution in [0.3, 0.4) is 0 Å². The van der Waals surface area contributed by atoms with Gasteiger partial charge in [0, 0.05) is 36.6 Å². The van der Waals surface area contributed by atoms with Crippen molar-refractivity contribution in [1.29, 1.82) is 0 Å². The topological polar surface area (TPSA) is 15.3 Å². The van der Waals surface area contributed by atoms with Crippen LogP contribution >= 0.6 is 11.8 Å². The number of hydrogen-bond acceptors (Lipinski definition) is 3. The molecule has 0 aliphatic carbocycles. The van der Waals surface area contributed by atoms with E-state index in [4.69, 9.17) is 0 Å². The second-order valence-electron chi connectivity index (χ2n) is 6.36. The Kier molecular flexibility index (Phi) is 6.90. The molecule has 0 fully saturated rings. The van der Waals surface area contributed by atoms with Gasteiger partial charge in [-0.25, -0.2) is 0 Å². The van der Waals surface area contributed by atoms with E-state index >= 15 is 0 Å². The second kappa shape index (κ2) is 7.94. The fourth-order valence-electron chi connectivity index (χ4n) is 2.26. The van der Waals surface area contributed by atoms with E-state index in [2.05, 4.69) is 75.5 Å². The Bertz CT molecular complexity index is 398. The lowest BCUT2D eigenvalue weighted by Crippen LogP contribution is -2.37. The highest BCUT2D eigenvalue weighted by atomic mass is 32.2. The minimum Gasteiger partial charge on any atom is -0.371 e. The first kappa shape index (κ1) is 17.4. The summed E-state index contributed by atoms with van der Waals surface area (Å²) >= 11 is 1.92. The summed E-state index contributed by atoms with van der Waals surface area (Å²) in [7, 11) is 2.22. The van der Waals surface area contributed by atoms with E-state index in [0.717, 1.165) is 6.54 Å². The van der Waals surface area contributed by atoms with Gasteiger partial charge in [-0.15, -0.1) is 0 Å². The Morgan fingerprint density at radius 2 is 1.90 bits per heavy atom. The summed E-state index contributed by atoms with van der Waals surface area (Å²) in [4.78, 5) is 2.44. The highest BCUT2D eigenvalue weighted by molar-refractivity contribution is 7.98. The number of thioether (sulfide) groups is 1. The molecule has 1 rings (SSSR count). The van der Waals surface area contributed by atoms with Crippen molar-refractivity contribution in [3.8, 4) is 0 Å². The van der Waals surface area contributed by atoms with Crippen molar-refractivity contribution in [1.82, 2.24) is 5.32 Å². The second-order valence-corrected chi connectivity index (χ2v) is 7.27. The van der Waals surface area contributed by atoms with Crippen LogP contribution in [0.2, 0.25) is 0 Å². The van der Waals surface area contributed by atoms with Gasteiger partial charge in [-0.2, -0.15) is 11.8 Å². The number of nitrogens with one attached hydrogen (secondary N) is 1. The highest BCUT2D eigenvalue weighted by Crippen LogP contribution is 2.24. The van der Waals surface area contributed by atoms with Gasteiger partial charge in [-0.3, -0.25) is 0 Å². The van der Waals surface area contributed by atoms with E-state index in [-0.39, 0.29) is 5.54 Å². The summed E-state index contributed by atoms with van der Waals surface area (Å²) < 4.78 is 0. The molecule has 0 aliphatic heterocycles. The Balaban J connectivity index is 2.88. The quantitative estimate of drug-likeness (QED) is 0.813. The normalized spacial score (nSPS) is 13.3. The Hall–Kier alpha value is -0.670.